The molecule has 3 atom stereocenters. The number of hydrogen-bond donors (Lipinski definition) is 2. The summed E-state index contributed by atoms with van der Waals surface area (Å²) in [5.41, 5.74) is 0.205. The minimum Gasteiger partial charge on any atom is -0.481 e. The van der Waals surface area contributed by atoms with E-state index in [1.165, 1.54) is 0 Å². The standard InChI is InChI=1S/C13H14BrNO2/c14-9-3-1-8(2-4-9)13(12(16)17)7-10-5-6-11(13)15-10/h1-4,10-11,15H,5-7H2,(H,16,17). The molecule has 3 nitrogen and oxygen atoms in total. The lowest BCUT2D eigenvalue weighted by molar-refractivity contribution is -0.144. The summed E-state index contributed by atoms with van der Waals surface area (Å²) < 4.78 is 0.984. The number of carboxylic acid groups (broad SMARTS) is 1. The normalized spacial score (nSPS) is 35.1. The number of fused-ring (bicyclic) bond motifs is 2. The van der Waals surface area contributed by atoms with Crippen molar-refractivity contribution in [2.75, 3.05) is 0 Å². The second-order valence-electron chi connectivity index (χ2n) is 4.98. The summed E-state index contributed by atoms with van der Waals surface area (Å²) in [7, 11) is 0. The highest BCUT2D eigenvalue weighted by molar-refractivity contribution is 9.10. The Hall–Kier alpha value is -0.870. The van der Waals surface area contributed by atoms with E-state index in [4.69, 9.17) is 0 Å². The van der Waals surface area contributed by atoms with Crippen LogP contribution >= 0.6 is 15.9 Å². The minimum atomic E-state index is -0.719. The molecule has 2 aliphatic rings. The number of benzene rings is 1. The van der Waals surface area contributed by atoms with Gasteiger partial charge < -0.3 is 10.4 Å². The molecule has 4 heteroatoms. The summed E-state index contributed by atoms with van der Waals surface area (Å²) in [5.74, 6) is -0.695. The van der Waals surface area contributed by atoms with E-state index >= 15 is 0 Å². The SMILES string of the molecule is O=C(O)C1(c2ccc(Br)cc2)CC2CCC1N2. The number of rotatable bonds is 2. The Bertz CT molecular complexity index is 459. The van der Waals surface area contributed by atoms with Crippen LogP contribution in [0.5, 0.6) is 0 Å². The molecule has 0 amide bonds. The first kappa shape index (κ1) is 11.2. The molecule has 2 bridgehead atoms. The van der Waals surface area contributed by atoms with Gasteiger partial charge in [-0.05, 0) is 37.0 Å². The molecule has 0 spiro atoms. The zero-order valence-corrected chi connectivity index (χ0v) is 10.9. The monoisotopic (exact) mass is 295 g/mol. The zero-order valence-electron chi connectivity index (χ0n) is 9.32. The molecule has 1 aromatic rings. The van der Waals surface area contributed by atoms with E-state index in [9.17, 15) is 9.90 Å². The molecule has 0 saturated carbocycles. The van der Waals surface area contributed by atoms with Crippen molar-refractivity contribution < 1.29 is 9.90 Å². The van der Waals surface area contributed by atoms with Crippen LogP contribution in [0.1, 0.15) is 24.8 Å². The summed E-state index contributed by atoms with van der Waals surface area (Å²) in [6.45, 7) is 0. The first-order chi connectivity index (χ1) is 8.13. The fraction of sp³-hybridized carbons (Fsp3) is 0.462. The molecule has 3 unspecified atom stereocenters. The second-order valence-corrected chi connectivity index (χ2v) is 5.90. The zero-order chi connectivity index (χ0) is 12.0. The van der Waals surface area contributed by atoms with Crippen molar-refractivity contribution in [3.63, 3.8) is 0 Å². The molecule has 3 rings (SSSR count). The van der Waals surface area contributed by atoms with Gasteiger partial charge in [-0.3, -0.25) is 4.79 Å². The van der Waals surface area contributed by atoms with E-state index < -0.39 is 11.4 Å². The number of halogens is 1. The smallest absolute Gasteiger partial charge is 0.315 e. The third-order valence-electron chi connectivity index (χ3n) is 4.14. The number of hydrogen-bond acceptors (Lipinski definition) is 2. The molecule has 0 aromatic heterocycles. The van der Waals surface area contributed by atoms with Crippen molar-refractivity contribution in [3.8, 4) is 0 Å². The lowest BCUT2D eigenvalue weighted by Gasteiger charge is -2.32. The maximum absolute atomic E-state index is 11.7. The molecule has 90 valence electrons. The first-order valence-corrected chi connectivity index (χ1v) is 6.68. The minimum absolute atomic E-state index is 0.0891. The van der Waals surface area contributed by atoms with Crippen LogP contribution in [0.3, 0.4) is 0 Å². The van der Waals surface area contributed by atoms with E-state index in [2.05, 4.69) is 21.2 Å². The van der Waals surface area contributed by atoms with Gasteiger partial charge in [0.25, 0.3) is 0 Å². The summed E-state index contributed by atoms with van der Waals surface area (Å²) in [5, 5.41) is 13.1. The average Bonchev–Trinajstić information content (AvgIpc) is 2.90. The summed E-state index contributed by atoms with van der Waals surface area (Å²) >= 11 is 3.39. The molecule has 1 aromatic carbocycles. The summed E-state index contributed by atoms with van der Waals surface area (Å²) in [6.07, 6.45) is 2.79. The van der Waals surface area contributed by atoms with E-state index in [1.54, 1.807) is 0 Å². The molecule has 0 radical (unpaired) electrons. The van der Waals surface area contributed by atoms with Crippen molar-refractivity contribution in [2.45, 2.75) is 36.8 Å². The van der Waals surface area contributed by atoms with Gasteiger partial charge in [0.1, 0.15) is 5.41 Å². The van der Waals surface area contributed by atoms with Gasteiger partial charge in [-0.25, -0.2) is 0 Å². The Morgan fingerprint density at radius 1 is 1.35 bits per heavy atom. The highest BCUT2D eigenvalue weighted by Gasteiger charge is 2.56. The van der Waals surface area contributed by atoms with Crippen LogP contribution in [-0.2, 0) is 10.2 Å². The summed E-state index contributed by atoms with van der Waals surface area (Å²) in [4.78, 5) is 11.7. The van der Waals surface area contributed by atoms with E-state index in [1.807, 2.05) is 24.3 Å². The molecule has 2 heterocycles. The highest BCUT2D eigenvalue weighted by Crippen LogP contribution is 2.45. The van der Waals surface area contributed by atoms with E-state index in [0.29, 0.717) is 12.5 Å². The van der Waals surface area contributed by atoms with Gasteiger partial charge in [0.2, 0.25) is 0 Å². The number of carbonyl (C=O) groups is 1. The van der Waals surface area contributed by atoms with Gasteiger partial charge in [-0.15, -0.1) is 0 Å². The molecule has 2 N–H and O–H groups in total. The van der Waals surface area contributed by atoms with Gasteiger partial charge in [-0.2, -0.15) is 0 Å². The molecular weight excluding hydrogens is 282 g/mol. The predicted octanol–water partition coefficient (Wildman–Crippen LogP) is 2.30. The maximum atomic E-state index is 11.7. The van der Waals surface area contributed by atoms with Crippen LogP contribution < -0.4 is 5.32 Å². The molecule has 2 saturated heterocycles. The Morgan fingerprint density at radius 2 is 2.06 bits per heavy atom. The Kier molecular flexibility index (Phi) is 2.52. The van der Waals surface area contributed by atoms with E-state index in [-0.39, 0.29) is 6.04 Å². The van der Waals surface area contributed by atoms with Crippen molar-refractivity contribution in [3.05, 3.63) is 34.3 Å². The van der Waals surface area contributed by atoms with Crippen LogP contribution in [0.4, 0.5) is 0 Å². The fourth-order valence-electron chi connectivity index (χ4n) is 3.33. The lowest BCUT2D eigenvalue weighted by Crippen LogP contribution is -2.46. The van der Waals surface area contributed by atoms with Crippen LogP contribution in [0.15, 0.2) is 28.7 Å². The third-order valence-corrected chi connectivity index (χ3v) is 4.67. The second kappa shape index (κ2) is 3.82. The molecule has 0 aliphatic carbocycles. The van der Waals surface area contributed by atoms with Gasteiger partial charge in [0.15, 0.2) is 0 Å². The number of carboxylic acids is 1. The van der Waals surface area contributed by atoms with Crippen molar-refractivity contribution in [2.24, 2.45) is 0 Å². The van der Waals surface area contributed by atoms with Crippen molar-refractivity contribution in [1.29, 1.82) is 0 Å². The number of nitrogens with one attached hydrogen (secondary N) is 1. The fourth-order valence-corrected chi connectivity index (χ4v) is 3.59. The molecule has 17 heavy (non-hydrogen) atoms. The van der Waals surface area contributed by atoms with Gasteiger partial charge >= 0.3 is 5.97 Å². The molecule has 2 aliphatic heterocycles. The summed E-state index contributed by atoms with van der Waals surface area (Å²) in [6, 6.07) is 8.17. The Balaban J connectivity index is 2.07. The topological polar surface area (TPSA) is 49.3 Å². The quantitative estimate of drug-likeness (QED) is 0.880. The van der Waals surface area contributed by atoms with E-state index in [0.717, 1.165) is 22.9 Å². The van der Waals surface area contributed by atoms with Gasteiger partial charge in [0, 0.05) is 16.6 Å². The Morgan fingerprint density at radius 3 is 2.53 bits per heavy atom. The van der Waals surface area contributed by atoms with Gasteiger partial charge in [-0.1, -0.05) is 28.1 Å². The average molecular weight is 296 g/mol. The number of aliphatic carboxylic acids is 1. The Labute approximate surface area is 108 Å². The van der Waals surface area contributed by atoms with Crippen LogP contribution in [0.25, 0.3) is 0 Å². The maximum Gasteiger partial charge on any atom is 0.315 e. The largest absolute Gasteiger partial charge is 0.481 e. The third kappa shape index (κ3) is 1.54. The van der Waals surface area contributed by atoms with Crippen molar-refractivity contribution in [1.82, 2.24) is 5.32 Å². The predicted molar refractivity (Wildman–Crippen MR) is 68.0 cm³/mol. The molecular formula is C13H14BrNO2. The first-order valence-electron chi connectivity index (χ1n) is 5.88. The van der Waals surface area contributed by atoms with Gasteiger partial charge in [0.05, 0.1) is 0 Å². The van der Waals surface area contributed by atoms with Crippen LogP contribution in [-0.4, -0.2) is 23.2 Å². The lowest BCUT2D eigenvalue weighted by atomic mass is 9.69. The highest BCUT2D eigenvalue weighted by atomic mass is 79.9. The van der Waals surface area contributed by atoms with Crippen LogP contribution in [0, 0.1) is 0 Å². The molecule has 2 fully saturated rings. The van der Waals surface area contributed by atoms with Crippen molar-refractivity contribution >= 4 is 21.9 Å². The van der Waals surface area contributed by atoms with Crippen LogP contribution in [0.2, 0.25) is 0 Å².